The molecule has 4 unspecified atom stereocenters. The van der Waals surface area contributed by atoms with Crippen LogP contribution in [0.3, 0.4) is 0 Å². The Morgan fingerprint density at radius 1 is 1.29 bits per heavy atom. The molecule has 1 aromatic rings. The molecule has 0 saturated carbocycles. The first-order valence-electron chi connectivity index (χ1n) is 7.63. The summed E-state index contributed by atoms with van der Waals surface area (Å²) in [5.41, 5.74) is 7.02. The van der Waals surface area contributed by atoms with E-state index in [2.05, 4.69) is 4.90 Å². The van der Waals surface area contributed by atoms with E-state index in [9.17, 15) is 4.79 Å². The van der Waals surface area contributed by atoms with E-state index in [0.717, 1.165) is 32.5 Å². The van der Waals surface area contributed by atoms with E-state index < -0.39 is 0 Å². The molecule has 0 aromatic heterocycles. The number of anilines is 1. The molecule has 3 heterocycles. The fraction of sp³-hybridized carbons (Fsp3) is 0.500. The van der Waals surface area contributed by atoms with Crippen LogP contribution in [0, 0.1) is 11.3 Å². The van der Waals surface area contributed by atoms with Crippen LogP contribution in [-0.2, 0) is 4.79 Å². The number of hydrogen-bond acceptors (Lipinski definition) is 4. The lowest BCUT2D eigenvalue weighted by atomic mass is 9.89. The van der Waals surface area contributed by atoms with Crippen LogP contribution < -0.4 is 5.73 Å². The Balaban J connectivity index is 1.63. The molecule has 3 N–H and O–H groups in total. The van der Waals surface area contributed by atoms with Gasteiger partial charge in [-0.25, -0.2) is 0 Å². The topological polar surface area (TPSA) is 73.4 Å². The van der Waals surface area contributed by atoms with Crippen LogP contribution in [0.2, 0.25) is 0 Å². The van der Waals surface area contributed by atoms with Gasteiger partial charge >= 0.3 is 0 Å². The highest BCUT2D eigenvalue weighted by molar-refractivity contribution is 6.45. The number of nitrogen functional groups attached to an aromatic ring is 1. The molecule has 5 heteroatoms. The molecule has 0 spiro atoms. The molecule has 5 nitrogen and oxygen atoms in total. The van der Waals surface area contributed by atoms with Gasteiger partial charge in [-0.2, -0.15) is 0 Å². The number of para-hydroxylation sites is 1. The van der Waals surface area contributed by atoms with Gasteiger partial charge in [0.15, 0.2) is 0 Å². The quantitative estimate of drug-likeness (QED) is 0.627. The first-order valence-corrected chi connectivity index (χ1v) is 7.63. The van der Waals surface area contributed by atoms with Gasteiger partial charge in [0.2, 0.25) is 0 Å². The van der Waals surface area contributed by atoms with E-state index in [1.165, 1.54) is 0 Å². The molecule has 0 aliphatic carbocycles. The Labute approximate surface area is 124 Å². The van der Waals surface area contributed by atoms with E-state index in [-0.39, 0.29) is 17.7 Å². The SMILES string of the molecule is N=C(C(=O)N1C2CC3CN(CCC31)C2)c1ccccc1N. The molecule has 21 heavy (non-hydrogen) atoms. The Morgan fingerprint density at radius 3 is 2.90 bits per heavy atom. The van der Waals surface area contributed by atoms with Gasteiger partial charge in [-0.1, -0.05) is 18.2 Å². The highest BCUT2D eigenvalue weighted by Crippen LogP contribution is 2.40. The predicted octanol–water partition coefficient (Wildman–Crippen LogP) is 0.942. The van der Waals surface area contributed by atoms with Gasteiger partial charge in [0.05, 0.1) is 0 Å². The molecule has 110 valence electrons. The number of carbonyl (C=O) groups is 1. The van der Waals surface area contributed by atoms with Gasteiger partial charge in [0.25, 0.3) is 5.91 Å². The van der Waals surface area contributed by atoms with Crippen molar-refractivity contribution in [2.45, 2.75) is 24.9 Å². The molecule has 3 fully saturated rings. The van der Waals surface area contributed by atoms with Gasteiger partial charge in [-0.15, -0.1) is 0 Å². The summed E-state index contributed by atoms with van der Waals surface area (Å²) in [6.07, 6.45) is 2.15. The number of benzene rings is 1. The summed E-state index contributed by atoms with van der Waals surface area (Å²) in [5.74, 6) is 0.455. The zero-order valence-corrected chi connectivity index (χ0v) is 12.0. The van der Waals surface area contributed by atoms with Crippen molar-refractivity contribution in [2.24, 2.45) is 5.92 Å². The summed E-state index contributed by atoms with van der Waals surface area (Å²) >= 11 is 0. The van der Waals surface area contributed by atoms with Crippen LogP contribution >= 0.6 is 0 Å². The highest BCUT2D eigenvalue weighted by atomic mass is 16.2. The maximum absolute atomic E-state index is 12.9. The van der Waals surface area contributed by atoms with Crippen molar-refractivity contribution in [1.82, 2.24) is 9.80 Å². The zero-order chi connectivity index (χ0) is 14.6. The van der Waals surface area contributed by atoms with Gasteiger partial charge < -0.3 is 15.5 Å². The normalized spacial score (nSPS) is 33.2. The third-order valence-electron chi connectivity index (χ3n) is 5.25. The van der Waals surface area contributed by atoms with Gasteiger partial charge in [-0.3, -0.25) is 10.2 Å². The lowest BCUT2D eigenvalue weighted by Crippen LogP contribution is -2.45. The van der Waals surface area contributed by atoms with Crippen molar-refractivity contribution in [3.63, 3.8) is 0 Å². The second-order valence-electron chi connectivity index (χ2n) is 6.44. The molecule has 3 bridgehead atoms. The molecule has 4 rings (SSSR count). The van der Waals surface area contributed by atoms with Crippen LogP contribution in [0.4, 0.5) is 5.69 Å². The summed E-state index contributed by atoms with van der Waals surface area (Å²) in [4.78, 5) is 17.3. The number of nitrogens with one attached hydrogen (secondary N) is 1. The summed E-state index contributed by atoms with van der Waals surface area (Å²) in [6.45, 7) is 3.17. The summed E-state index contributed by atoms with van der Waals surface area (Å²) in [7, 11) is 0. The van der Waals surface area contributed by atoms with Crippen LogP contribution in [0.25, 0.3) is 0 Å². The zero-order valence-electron chi connectivity index (χ0n) is 12.0. The van der Waals surface area contributed by atoms with Crippen LogP contribution in [0.1, 0.15) is 18.4 Å². The van der Waals surface area contributed by atoms with E-state index in [1.54, 1.807) is 12.1 Å². The minimum atomic E-state index is -0.144. The van der Waals surface area contributed by atoms with Crippen LogP contribution in [0.15, 0.2) is 24.3 Å². The summed E-state index contributed by atoms with van der Waals surface area (Å²) in [6, 6.07) is 7.78. The Morgan fingerprint density at radius 2 is 2.10 bits per heavy atom. The average Bonchev–Trinajstić information content (AvgIpc) is 2.65. The van der Waals surface area contributed by atoms with Gasteiger partial charge in [0.1, 0.15) is 5.71 Å². The van der Waals surface area contributed by atoms with Crippen molar-refractivity contribution >= 4 is 17.3 Å². The van der Waals surface area contributed by atoms with E-state index in [4.69, 9.17) is 11.1 Å². The number of rotatable bonds is 2. The number of hydrogen-bond donors (Lipinski definition) is 2. The first kappa shape index (κ1) is 12.8. The molecule has 3 saturated heterocycles. The van der Waals surface area contributed by atoms with E-state index in [0.29, 0.717) is 23.2 Å². The molecular formula is C16H20N4O. The second kappa shape index (κ2) is 4.56. The van der Waals surface area contributed by atoms with Crippen molar-refractivity contribution in [1.29, 1.82) is 5.41 Å². The second-order valence-corrected chi connectivity index (χ2v) is 6.44. The number of nitrogens with zero attached hydrogens (tertiary/aromatic N) is 2. The van der Waals surface area contributed by atoms with E-state index >= 15 is 0 Å². The minimum absolute atomic E-state index is 0.0408. The number of likely N-dealkylation sites (tertiary alicyclic amines) is 1. The van der Waals surface area contributed by atoms with Crippen molar-refractivity contribution < 1.29 is 4.79 Å². The number of piperidine rings is 2. The highest BCUT2D eigenvalue weighted by Gasteiger charge is 2.50. The fourth-order valence-corrected chi connectivity index (χ4v) is 4.34. The Kier molecular flexibility index (Phi) is 2.79. The molecule has 4 atom stereocenters. The standard InChI is InChI=1S/C16H20N4O/c17-13-4-2-1-3-12(13)15(18)16(21)20-11-7-10-8-19(9-11)6-5-14(10)20/h1-4,10-11,14,18H,5-9,17H2. The lowest BCUT2D eigenvalue weighted by molar-refractivity contribution is -0.126. The maximum atomic E-state index is 12.9. The Bertz CT molecular complexity index is 614. The van der Waals surface area contributed by atoms with E-state index in [1.807, 2.05) is 17.0 Å². The lowest BCUT2D eigenvalue weighted by Gasteiger charge is -2.35. The molecule has 3 aliphatic heterocycles. The fourth-order valence-electron chi connectivity index (χ4n) is 4.34. The maximum Gasteiger partial charge on any atom is 0.272 e. The largest absolute Gasteiger partial charge is 0.398 e. The monoisotopic (exact) mass is 284 g/mol. The van der Waals surface area contributed by atoms with Crippen molar-refractivity contribution in [3.8, 4) is 0 Å². The van der Waals surface area contributed by atoms with Crippen molar-refractivity contribution in [3.05, 3.63) is 29.8 Å². The van der Waals surface area contributed by atoms with Gasteiger partial charge in [-0.05, 0) is 24.8 Å². The number of nitrogens with two attached hydrogens (primary N) is 1. The van der Waals surface area contributed by atoms with Gasteiger partial charge in [0, 0.05) is 43.0 Å². The number of carbonyl (C=O) groups excluding carboxylic acids is 1. The predicted molar refractivity (Wildman–Crippen MR) is 81.3 cm³/mol. The molecular weight excluding hydrogens is 264 g/mol. The molecule has 1 amide bonds. The third-order valence-corrected chi connectivity index (χ3v) is 5.25. The Hall–Kier alpha value is -1.88. The first-order chi connectivity index (χ1) is 10.1. The molecule has 1 aromatic carbocycles. The minimum Gasteiger partial charge on any atom is -0.398 e. The van der Waals surface area contributed by atoms with Crippen molar-refractivity contribution in [2.75, 3.05) is 25.4 Å². The van der Waals surface area contributed by atoms with Crippen LogP contribution in [0.5, 0.6) is 0 Å². The smallest absolute Gasteiger partial charge is 0.272 e. The van der Waals surface area contributed by atoms with Crippen LogP contribution in [-0.4, -0.2) is 53.1 Å². The number of amides is 1. The molecule has 0 radical (unpaired) electrons. The average molecular weight is 284 g/mol. The summed E-state index contributed by atoms with van der Waals surface area (Å²) < 4.78 is 0. The summed E-state index contributed by atoms with van der Waals surface area (Å²) in [5, 5.41) is 8.29. The molecule has 3 aliphatic rings. The third kappa shape index (κ3) is 1.87. The number of fused-ring (bicyclic) bond motifs is 2.